The standard InChI is InChI=1S/C16H22N4O4S/c1-5-7-8-10-17-12-11(14(21)20(4)16(24)19(12)3)13(18-10)25-9(6-2)15(22)23/h9H,5-8H2,1-4H3,(H,22,23)/t9-/m1/s1. The molecule has 1 N–H and O–H groups in total. The largest absolute Gasteiger partial charge is 0.480 e. The van der Waals surface area contributed by atoms with Crippen molar-refractivity contribution in [3.63, 3.8) is 0 Å². The minimum Gasteiger partial charge on any atom is -0.480 e. The molecule has 136 valence electrons. The van der Waals surface area contributed by atoms with E-state index in [1.54, 1.807) is 14.0 Å². The number of aryl methyl sites for hydroxylation is 2. The van der Waals surface area contributed by atoms with Crippen LogP contribution < -0.4 is 11.2 Å². The number of hydrogen-bond acceptors (Lipinski definition) is 6. The van der Waals surface area contributed by atoms with Crippen molar-refractivity contribution in [2.24, 2.45) is 14.1 Å². The first-order chi connectivity index (χ1) is 11.8. The molecule has 2 aromatic rings. The lowest BCUT2D eigenvalue weighted by Crippen LogP contribution is -2.38. The zero-order valence-electron chi connectivity index (χ0n) is 14.8. The molecular formula is C16H22N4O4S. The number of carboxylic acids is 1. The van der Waals surface area contributed by atoms with Crippen LogP contribution in [0.4, 0.5) is 0 Å². The topological polar surface area (TPSA) is 107 Å². The Labute approximate surface area is 148 Å². The van der Waals surface area contributed by atoms with Gasteiger partial charge >= 0.3 is 11.7 Å². The van der Waals surface area contributed by atoms with Gasteiger partial charge in [0, 0.05) is 20.5 Å². The molecule has 0 saturated heterocycles. The first kappa shape index (κ1) is 19.2. The van der Waals surface area contributed by atoms with E-state index < -0.39 is 22.5 Å². The first-order valence-electron chi connectivity index (χ1n) is 8.17. The highest BCUT2D eigenvalue weighted by Gasteiger charge is 2.23. The van der Waals surface area contributed by atoms with Gasteiger partial charge in [0.05, 0.1) is 0 Å². The van der Waals surface area contributed by atoms with Crippen LogP contribution in [0.15, 0.2) is 14.6 Å². The average molecular weight is 366 g/mol. The highest BCUT2D eigenvalue weighted by atomic mass is 32.2. The van der Waals surface area contributed by atoms with Crippen LogP contribution in [0.1, 0.15) is 38.9 Å². The molecule has 0 radical (unpaired) electrons. The number of unbranched alkanes of at least 4 members (excludes halogenated alkanes) is 1. The maximum absolute atomic E-state index is 12.6. The van der Waals surface area contributed by atoms with E-state index in [1.165, 1.54) is 11.6 Å². The van der Waals surface area contributed by atoms with Crippen LogP contribution in [0.25, 0.3) is 11.0 Å². The second-order valence-corrected chi connectivity index (χ2v) is 7.00. The van der Waals surface area contributed by atoms with Crippen LogP contribution in [-0.2, 0) is 25.3 Å². The minimum absolute atomic E-state index is 0.189. The fourth-order valence-corrected chi connectivity index (χ4v) is 3.44. The van der Waals surface area contributed by atoms with Gasteiger partial charge in [-0.15, -0.1) is 0 Å². The fourth-order valence-electron chi connectivity index (χ4n) is 2.45. The quantitative estimate of drug-likeness (QED) is 0.582. The molecule has 0 bridgehead atoms. The van der Waals surface area contributed by atoms with Crippen molar-refractivity contribution in [1.29, 1.82) is 0 Å². The molecule has 25 heavy (non-hydrogen) atoms. The molecule has 0 unspecified atom stereocenters. The van der Waals surface area contributed by atoms with Gasteiger partial charge in [0.2, 0.25) is 0 Å². The molecule has 2 rings (SSSR count). The summed E-state index contributed by atoms with van der Waals surface area (Å²) in [6.45, 7) is 3.81. The second kappa shape index (κ2) is 7.81. The molecule has 0 spiro atoms. The van der Waals surface area contributed by atoms with Gasteiger partial charge in [-0.2, -0.15) is 0 Å². The lowest BCUT2D eigenvalue weighted by atomic mass is 10.2. The number of aromatic nitrogens is 4. The molecule has 9 heteroatoms. The summed E-state index contributed by atoms with van der Waals surface area (Å²) in [5.41, 5.74) is -0.737. The number of carbonyl (C=O) groups is 1. The smallest absolute Gasteiger partial charge is 0.332 e. The minimum atomic E-state index is -0.962. The van der Waals surface area contributed by atoms with Gasteiger partial charge < -0.3 is 5.11 Å². The molecule has 0 amide bonds. The van der Waals surface area contributed by atoms with Gasteiger partial charge in [-0.25, -0.2) is 14.8 Å². The van der Waals surface area contributed by atoms with E-state index in [4.69, 9.17) is 0 Å². The van der Waals surface area contributed by atoms with Crippen LogP contribution in [-0.4, -0.2) is 35.4 Å². The summed E-state index contributed by atoms with van der Waals surface area (Å²) in [6, 6.07) is 0. The fraction of sp³-hybridized carbons (Fsp3) is 0.562. The molecule has 1 atom stereocenters. The van der Waals surface area contributed by atoms with Crippen LogP contribution in [0, 0.1) is 0 Å². The lowest BCUT2D eigenvalue weighted by molar-refractivity contribution is -0.136. The number of hydrogen-bond donors (Lipinski definition) is 1. The summed E-state index contributed by atoms with van der Waals surface area (Å²) in [4.78, 5) is 45.0. The summed E-state index contributed by atoms with van der Waals surface area (Å²) in [5.74, 6) is -0.448. The van der Waals surface area contributed by atoms with Crippen molar-refractivity contribution in [2.45, 2.75) is 49.8 Å². The van der Waals surface area contributed by atoms with Gasteiger partial charge in [-0.3, -0.25) is 18.7 Å². The van der Waals surface area contributed by atoms with E-state index in [1.807, 2.05) is 6.92 Å². The van der Waals surface area contributed by atoms with Crippen molar-refractivity contribution < 1.29 is 9.90 Å². The first-order valence-corrected chi connectivity index (χ1v) is 9.05. The molecule has 0 saturated carbocycles. The van der Waals surface area contributed by atoms with Crippen LogP contribution in [0.2, 0.25) is 0 Å². The van der Waals surface area contributed by atoms with E-state index in [0.717, 1.165) is 29.2 Å². The molecule has 2 heterocycles. The Kier molecular flexibility index (Phi) is 5.99. The Morgan fingerprint density at radius 1 is 1.20 bits per heavy atom. The summed E-state index contributed by atoms with van der Waals surface area (Å²) in [7, 11) is 2.93. The predicted octanol–water partition coefficient (Wildman–Crippen LogP) is 1.33. The van der Waals surface area contributed by atoms with E-state index in [-0.39, 0.29) is 11.0 Å². The van der Waals surface area contributed by atoms with E-state index in [9.17, 15) is 19.5 Å². The van der Waals surface area contributed by atoms with Crippen molar-refractivity contribution in [3.8, 4) is 0 Å². The molecule has 0 fully saturated rings. The number of fused-ring (bicyclic) bond motifs is 1. The molecule has 0 aliphatic rings. The van der Waals surface area contributed by atoms with Crippen LogP contribution in [0.3, 0.4) is 0 Å². The summed E-state index contributed by atoms with van der Waals surface area (Å²) < 4.78 is 2.29. The Bertz CT molecular complexity index is 919. The molecule has 0 aliphatic carbocycles. The molecule has 0 aliphatic heterocycles. The molecular weight excluding hydrogens is 344 g/mol. The normalized spacial score (nSPS) is 12.5. The maximum atomic E-state index is 12.6. The highest BCUT2D eigenvalue weighted by Crippen LogP contribution is 2.28. The maximum Gasteiger partial charge on any atom is 0.332 e. The predicted molar refractivity (Wildman–Crippen MR) is 96.2 cm³/mol. The van der Waals surface area contributed by atoms with E-state index >= 15 is 0 Å². The monoisotopic (exact) mass is 366 g/mol. The molecule has 2 aromatic heterocycles. The Morgan fingerprint density at radius 2 is 1.88 bits per heavy atom. The zero-order valence-corrected chi connectivity index (χ0v) is 15.6. The van der Waals surface area contributed by atoms with Gasteiger partial charge in [0.1, 0.15) is 21.5 Å². The Balaban J connectivity index is 2.77. The third kappa shape index (κ3) is 3.76. The van der Waals surface area contributed by atoms with E-state index in [2.05, 4.69) is 9.97 Å². The number of nitrogens with zero attached hydrogens (tertiary/aromatic N) is 4. The number of thioether (sulfide) groups is 1. The zero-order chi connectivity index (χ0) is 18.7. The summed E-state index contributed by atoms with van der Waals surface area (Å²) in [6.07, 6.45) is 2.81. The van der Waals surface area contributed by atoms with Crippen molar-refractivity contribution in [2.75, 3.05) is 0 Å². The second-order valence-electron chi connectivity index (χ2n) is 5.81. The number of aliphatic carboxylic acids is 1. The Hall–Kier alpha value is -2.16. The number of carboxylic acid groups (broad SMARTS) is 1. The third-order valence-electron chi connectivity index (χ3n) is 3.97. The lowest BCUT2D eigenvalue weighted by Gasteiger charge is -2.14. The van der Waals surface area contributed by atoms with Gasteiger partial charge in [0.15, 0.2) is 5.65 Å². The summed E-state index contributed by atoms with van der Waals surface area (Å²) in [5, 5.41) is 9.12. The Morgan fingerprint density at radius 3 is 2.44 bits per heavy atom. The number of rotatable bonds is 7. The highest BCUT2D eigenvalue weighted by molar-refractivity contribution is 8.00. The van der Waals surface area contributed by atoms with E-state index in [0.29, 0.717) is 23.7 Å². The third-order valence-corrected chi connectivity index (χ3v) is 5.31. The SMILES string of the molecule is CCCCc1nc(S[C@H](CC)C(=O)O)c2c(=O)n(C)c(=O)n(C)c2n1. The molecule has 0 aromatic carbocycles. The van der Waals surface area contributed by atoms with Gasteiger partial charge in [-0.05, 0) is 12.8 Å². The van der Waals surface area contributed by atoms with Gasteiger partial charge in [0.25, 0.3) is 5.56 Å². The van der Waals surface area contributed by atoms with Crippen LogP contribution in [0.5, 0.6) is 0 Å². The average Bonchev–Trinajstić information content (AvgIpc) is 2.59. The van der Waals surface area contributed by atoms with Crippen LogP contribution >= 0.6 is 11.8 Å². The van der Waals surface area contributed by atoms with Crippen molar-refractivity contribution >= 4 is 28.8 Å². The van der Waals surface area contributed by atoms with Crippen molar-refractivity contribution in [1.82, 2.24) is 19.1 Å². The summed E-state index contributed by atoms with van der Waals surface area (Å²) >= 11 is 1.03. The molecule has 8 nitrogen and oxygen atoms in total. The van der Waals surface area contributed by atoms with Crippen molar-refractivity contribution in [3.05, 3.63) is 26.7 Å². The van der Waals surface area contributed by atoms with Gasteiger partial charge in [-0.1, -0.05) is 32.0 Å².